The van der Waals surface area contributed by atoms with Crippen LogP contribution >= 0.6 is 15.9 Å². The van der Waals surface area contributed by atoms with Crippen molar-refractivity contribution in [2.75, 3.05) is 5.32 Å². The van der Waals surface area contributed by atoms with E-state index < -0.39 is 0 Å². The van der Waals surface area contributed by atoms with Crippen molar-refractivity contribution in [3.8, 4) is 0 Å². The van der Waals surface area contributed by atoms with Crippen LogP contribution in [0.15, 0.2) is 10.9 Å². The molecule has 0 spiro atoms. The third kappa shape index (κ3) is 2.04. The summed E-state index contributed by atoms with van der Waals surface area (Å²) in [5.41, 5.74) is 0. The van der Waals surface area contributed by atoms with E-state index in [1.54, 1.807) is 10.8 Å². The fraction of sp³-hybridized carbons (Fsp3) is 0.333. The SMILES string of the molecule is CC(=O)Nc1cn(C)c(Br)n1. The molecule has 0 atom stereocenters. The molecule has 1 heterocycles. The van der Waals surface area contributed by atoms with Crippen molar-refractivity contribution in [3.05, 3.63) is 10.9 Å². The highest BCUT2D eigenvalue weighted by Crippen LogP contribution is 2.11. The first kappa shape index (κ1) is 8.26. The first-order valence-electron chi connectivity index (χ1n) is 3.06. The predicted octanol–water partition coefficient (Wildman–Crippen LogP) is 1.14. The van der Waals surface area contributed by atoms with E-state index in [2.05, 4.69) is 26.2 Å². The zero-order valence-corrected chi connectivity index (χ0v) is 7.84. The molecule has 4 nitrogen and oxygen atoms in total. The van der Waals surface area contributed by atoms with E-state index in [9.17, 15) is 4.79 Å². The Morgan fingerprint density at radius 1 is 1.82 bits per heavy atom. The number of nitrogens with one attached hydrogen (secondary N) is 1. The number of carbonyl (C=O) groups is 1. The van der Waals surface area contributed by atoms with Crippen LogP contribution in [0.4, 0.5) is 5.82 Å². The molecule has 11 heavy (non-hydrogen) atoms. The molecule has 0 aliphatic rings. The van der Waals surface area contributed by atoms with Crippen LogP contribution in [0.3, 0.4) is 0 Å². The van der Waals surface area contributed by atoms with E-state index in [1.165, 1.54) is 6.92 Å². The molecule has 0 saturated carbocycles. The van der Waals surface area contributed by atoms with Gasteiger partial charge in [0.1, 0.15) is 0 Å². The first-order valence-corrected chi connectivity index (χ1v) is 3.85. The zero-order valence-electron chi connectivity index (χ0n) is 6.26. The molecular formula is C6H8BrN3O. The van der Waals surface area contributed by atoms with Crippen LogP contribution in [0.2, 0.25) is 0 Å². The van der Waals surface area contributed by atoms with Crippen LogP contribution in [0.1, 0.15) is 6.92 Å². The molecular weight excluding hydrogens is 210 g/mol. The van der Waals surface area contributed by atoms with E-state index in [0.29, 0.717) is 10.6 Å². The topological polar surface area (TPSA) is 46.9 Å². The van der Waals surface area contributed by atoms with Crippen LogP contribution in [0.25, 0.3) is 0 Å². The molecule has 1 aromatic rings. The third-order valence-corrected chi connectivity index (χ3v) is 1.86. The number of hydrogen-bond acceptors (Lipinski definition) is 2. The van der Waals surface area contributed by atoms with Gasteiger partial charge >= 0.3 is 0 Å². The van der Waals surface area contributed by atoms with Crippen molar-refractivity contribution >= 4 is 27.7 Å². The smallest absolute Gasteiger partial charge is 0.222 e. The van der Waals surface area contributed by atoms with Crippen LogP contribution in [-0.4, -0.2) is 15.5 Å². The van der Waals surface area contributed by atoms with Gasteiger partial charge in [-0.15, -0.1) is 0 Å². The average molecular weight is 218 g/mol. The van der Waals surface area contributed by atoms with E-state index in [0.717, 1.165) is 0 Å². The number of hydrogen-bond donors (Lipinski definition) is 1. The maximum Gasteiger partial charge on any atom is 0.222 e. The minimum Gasteiger partial charge on any atom is -0.326 e. The second-order valence-electron chi connectivity index (χ2n) is 2.19. The Morgan fingerprint density at radius 3 is 2.82 bits per heavy atom. The molecule has 5 heteroatoms. The Balaban J connectivity index is 2.81. The Kier molecular flexibility index (Phi) is 2.28. The lowest BCUT2D eigenvalue weighted by atomic mass is 10.6. The van der Waals surface area contributed by atoms with Gasteiger partial charge in [0.25, 0.3) is 0 Å². The Hall–Kier alpha value is -0.840. The van der Waals surface area contributed by atoms with Gasteiger partial charge in [0.05, 0.1) is 0 Å². The van der Waals surface area contributed by atoms with Crippen molar-refractivity contribution < 1.29 is 4.79 Å². The lowest BCUT2D eigenvalue weighted by molar-refractivity contribution is -0.114. The van der Waals surface area contributed by atoms with Gasteiger partial charge in [-0.25, -0.2) is 4.98 Å². The summed E-state index contributed by atoms with van der Waals surface area (Å²) in [4.78, 5) is 14.6. The van der Waals surface area contributed by atoms with Gasteiger partial charge in [-0.3, -0.25) is 4.79 Å². The minimum absolute atomic E-state index is 0.115. The highest BCUT2D eigenvalue weighted by molar-refractivity contribution is 9.10. The minimum atomic E-state index is -0.115. The summed E-state index contributed by atoms with van der Waals surface area (Å²) >= 11 is 3.21. The van der Waals surface area contributed by atoms with E-state index in [1.807, 2.05) is 7.05 Å². The van der Waals surface area contributed by atoms with Crippen LogP contribution < -0.4 is 5.32 Å². The molecule has 1 rings (SSSR count). The number of rotatable bonds is 1. The molecule has 1 N–H and O–H groups in total. The molecule has 0 bridgehead atoms. The molecule has 0 radical (unpaired) electrons. The van der Waals surface area contributed by atoms with Crippen molar-refractivity contribution in [3.63, 3.8) is 0 Å². The number of amides is 1. The number of anilines is 1. The van der Waals surface area contributed by atoms with Gasteiger partial charge in [-0.2, -0.15) is 0 Å². The number of halogens is 1. The summed E-state index contributed by atoms with van der Waals surface area (Å²) in [6.45, 7) is 1.45. The molecule has 0 fully saturated rings. The molecule has 0 aliphatic carbocycles. The second-order valence-corrected chi connectivity index (χ2v) is 2.90. The lowest BCUT2D eigenvalue weighted by Gasteiger charge is -1.91. The third-order valence-electron chi connectivity index (χ3n) is 1.12. The molecule has 0 unspecified atom stereocenters. The molecule has 0 saturated heterocycles. The highest BCUT2D eigenvalue weighted by atomic mass is 79.9. The molecule has 60 valence electrons. The summed E-state index contributed by atoms with van der Waals surface area (Å²) in [6.07, 6.45) is 1.73. The molecule has 1 amide bonds. The van der Waals surface area contributed by atoms with Gasteiger partial charge in [-0.1, -0.05) is 0 Å². The number of nitrogens with zero attached hydrogens (tertiary/aromatic N) is 2. The summed E-state index contributed by atoms with van der Waals surface area (Å²) < 4.78 is 2.46. The summed E-state index contributed by atoms with van der Waals surface area (Å²) in [5.74, 6) is 0.447. The van der Waals surface area contributed by atoms with Crippen molar-refractivity contribution in [2.45, 2.75) is 6.92 Å². The van der Waals surface area contributed by atoms with Gasteiger partial charge in [0, 0.05) is 20.2 Å². The number of imidazole rings is 1. The van der Waals surface area contributed by atoms with Gasteiger partial charge in [0.2, 0.25) is 5.91 Å². The van der Waals surface area contributed by atoms with Gasteiger partial charge < -0.3 is 9.88 Å². The Bertz CT molecular complexity index is 262. The normalized spacial score (nSPS) is 9.73. The first-order chi connectivity index (χ1) is 5.09. The largest absolute Gasteiger partial charge is 0.326 e. The molecule has 0 aromatic carbocycles. The Morgan fingerprint density at radius 2 is 2.45 bits per heavy atom. The van der Waals surface area contributed by atoms with Crippen LogP contribution in [0.5, 0.6) is 0 Å². The maximum atomic E-state index is 10.6. The van der Waals surface area contributed by atoms with Crippen LogP contribution in [0, 0.1) is 0 Å². The van der Waals surface area contributed by atoms with Crippen molar-refractivity contribution in [1.82, 2.24) is 9.55 Å². The molecule has 1 aromatic heterocycles. The lowest BCUT2D eigenvalue weighted by Crippen LogP contribution is -2.05. The van der Waals surface area contributed by atoms with E-state index >= 15 is 0 Å². The average Bonchev–Trinajstić information content (AvgIpc) is 2.10. The van der Waals surface area contributed by atoms with Gasteiger partial charge in [0.15, 0.2) is 10.6 Å². The summed E-state index contributed by atoms with van der Waals surface area (Å²) in [6, 6.07) is 0. The van der Waals surface area contributed by atoms with Crippen molar-refractivity contribution in [1.29, 1.82) is 0 Å². The van der Waals surface area contributed by atoms with E-state index in [4.69, 9.17) is 0 Å². The van der Waals surface area contributed by atoms with Gasteiger partial charge in [-0.05, 0) is 15.9 Å². The standard InChI is InChI=1S/C6H8BrN3O/c1-4(11)8-5-3-10(2)6(7)9-5/h3H,1-2H3,(H,8,11). The van der Waals surface area contributed by atoms with E-state index in [-0.39, 0.29) is 5.91 Å². The maximum absolute atomic E-state index is 10.6. The number of carbonyl (C=O) groups excluding carboxylic acids is 1. The monoisotopic (exact) mass is 217 g/mol. The van der Waals surface area contributed by atoms with Crippen molar-refractivity contribution in [2.24, 2.45) is 7.05 Å². The summed E-state index contributed by atoms with van der Waals surface area (Å²) in [5, 5.41) is 2.57. The summed E-state index contributed by atoms with van der Waals surface area (Å²) in [7, 11) is 1.84. The highest BCUT2D eigenvalue weighted by Gasteiger charge is 2.01. The zero-order chi connectivity index (χ0) is 8.43. The fourth-order valence-corrected chi connectivity index (χ4v) is 0.978. The van der Waals surface area contributed by atoms with Crippen LogP contribution in [-0.2, 0) is 11.8 Å². The fourth-order valence-electron chi connectivity index (χ4n) is 0.684. The number of aryl methyl sites for hydroxylation is 1. The molecule has 0 aliphatic heterocycles. The quantitative estimate of drug-likeness (QED) is 0.768. The predicted molar refractivity (Wildman–Crippen MR) is 45.2 cm³/mol. The Labute approximate surface area is 72.7 Å². The number of aromatic nitrogens is 2. The second kappa shape index (κ2) is 3.04.